The van der Waals surface area contributed by atoms with Crippen LogP contribution in [0.15, 0.2) is 5.38 Å². The normalized spacial score (nSPS) is 20.5. The van der Waals surface area contributed by atoms with E-state index in [1.54, 1.807) is 11.3 Å². The quantitative estimate of drug-likeness (QED) is 0.793. The van der Waals surface area contributed by atoms with Crippen LogP contribution in [-0.2, 0) is 11.2 Å². The molecule has 1 aromatic heterocycles. The zero-order valence-corrected chi connectivity index (χ0v) is 12.3. The van der Waals surface area contributed by atoms with Crippen LogP contribution in [0.5, 0.6) is 0 Å². The molecule has 0 saturated carbocycles. The number of aromatic nitrogens is 1. The van der Waals surface area contributed by atoms with Crippen molar-refractivity contribution in [2.45, 2.75) is 45.1 Å². The van der Waals surface area contributed by atoms with Crippen molar-refractivity contribution in [3.63, 3.8) is 0 Å². The SMILES string of the molecule is Cc1nc(CCN(C)CC[C@H]2CCCCO2)cs1. The maximum absolute atomic E-state index is 5.76. The molecule has 18 heavy (non-hydrogen) atoms. The third kappa shape index (κ3) is 4.67. The van der Waals surface area contributed by atoms with E-state index in [1.165, 1.54) is 36.4 Å². The lowest BCUT2D eigenvalue weighted by Gasteiger charge is -2.25. The Kier molecular flexibility index (Phi) is 5.60. The van der Waals surface area contributed by atoms with Crippen molar-refractivity contribution in [2.75, 3.05) is 26.7 Å². The van der Waals surface area contributed by atoms with E-state index >= 15 is 0 Å². The Morgan fingerprint density at radius 3 is 3.00 bits per heavy atom. The smallest absolute Gasteiger partial charge is 0.0897 e. The van der Waals surface area contributed by atoms with Crippen LogP contribution < -0.4 is 0 Å². The number of hydrogen-bond acceptors (Lipinski definition) is 4. The summed E-state index contributed by atoms with van der Waals surface area (Å²) < 4.78 is 5.76. The summed E-state index contributed by atoms with van der Waals surface area (Å²) in [4.78, 5) is 6.90. The maximum atomic E-state index is 5.76. The Balaban J connectivity index is 1.61. The van der Waals surface area contributed by atoms with E-state index in [9.17, 15) is 0 Å². The average molecular weight is 268 g/mol. The van der Waals surface area contributed by atoms with Crippen LogP contribution in [0, 0.1) is 6.92 Å². The van der Waals surface area contributed by atoms with Gasteiger partial charge < -0.3 is 9.64 Å². The highest BCUT2D eigenvalue weighted by Gasteiger charge is 2.14. The first kappa shape index (κ1) is 14.0. The number of ether oxygens (including phenoxy) is 1. The van der Waals surface area contributed by atoms with Gasteiger partial charge in [0.2, 0.25) is 0 Å². The van der Waals surface area contributed by atoms with Crippen molar-refractivity contribution in [1.82, 2.24) is 9.88 Å². The molecule has 1 fully saturated rings. The van der Waals surface area contributed by atoms with Gasteiger partial charge in [-0.3, -0.25) is 0 Å². The number of aryl methyl sites for hydroxylation is 1. The predicted octanol–water partition coefficient (Wildman–Crippen LogP) is 2.89. The number of thiazole rings is 1. The molecule has 0 unspecified atom stereocenters. The summed E-state index contributed by atoms with van der Waals surface area (Å²) in [5.41, 5.74) is 1.23. The zero-order chi connectivity index (χ0) is 12.8. The molecule has 1 atom stereocenters. The van der Waals surface area contributed by atoms with Gasteiger partial charge in [0.05, 0.1) is 16.8 Å². The Morgan fingerprint density at radius 2 is 2.33 bits per heavy atom. The molecule has 0 bridgehead atoms. The van der Waals surface area contributed by atoms with Crippen LogP contribution in [0.1, 0.15) is 36.4 Å². The molecule has 3 nitrogen and oxygen atoms in total. The molecular formula is C14H24N2OS. The summed E-state index contributed by atoms with van der Waals surface area (Å²) in [5, 5.41) is 3.34. The molecule has 2 rings (SSSR count). The second-order valence-corrected chi connectivity index (χ2v) is 6.25. The fraction of sp³-hybridized carbons (Fsp3) is 0.786. The molecule has 1 saturated heterocycles. The average Bonchev–Trinajstić information content (AvgIpc) is 2.81. The Labute approximate surface area is 114 Å². The van der Waals surface area contributed by atoms with Gasteiger partial charge in [-0.2, -0.15) is 0 Å². The fourth-order valence-electron chi connectivity index (χ4n) is 2.34. The van der Waals surface area contributed by atoms with E-state index < -0.39 is 0 Å². The largest absolute Gasteiger partial charge is 0.378 e. The third-order valence-electron chi connectivity index (χ3n) is 3.52. The topological polar surface area (TPSA) is 25.4 Å². The van der Waals surface area contributed by atoms with Gasteiger partial charge in [-0.1, -0.05) is 0 Å². The molecule has 0 radical (unpaired) electrons. The third-order valence-corrected chi connectivity index (χ3v) is 4.35. The minimum Gasteiger partial charge on any atom is -0.378 e. The monoisotopic (exact) mass is 268 g/mol. The van der Waals surface area contributed by atoms with Crippen LogP contribution in [-0.4, -0.2) is 42.7 Å². The summed E-state index contributed by atoms with van der Waals surface area (Å²) in [5.74, 6) is 0. The first-order valence-electron chi connectivity index (χ1n) is 6.95. The Hall–Kier alpha value is -0.450. The molecule has 4 heteroatoms. The molecule has 0 amide bonds. The van der Waals surface area contributed by atoms with Crippen molar-refractivity contribution >= 4 is 11.3 Å². The van der Waals surface area contributed by atoms with Crippen molar-refractivity contribution in [3.8, 4) is 0 Å². The van der Waals surface area contributed by atoms with E-state index in [1.807, 2.05) is 0 Å². The van der Waals surface area contributed by atoms with E-state index in [0.29, 0.717) is 6.10 Å². The Bertz CT molecular complexity index is 347. The lowest BCUT2D eigenvalue weighted by Crippen LogP contribution is -2.28. The van der Waals surface area contributed by atoms with Crippen molar-refractivity contribution in [2.24, 2.45) is 0 Å². The lowest BCUT2D eigenvalue weighted by molar-refractivity contribution is 0.00680. The van der Waals surface area contributed by atoms with Gasteiger partial charge in [-0.05, 0) is 39.7 Å². The highest BCUT2D eigenvalue weighted by atomic mass is 32.1. The Morgan fingerprint density at radius 1 is 1.44 bits per heavy atom. The van der Waals surface area contributed by atoms with Gasteiger partial charge in [0.15, 0.2) is 0 Å². The summed E-state index contributed by atoms with van der Waals surface area (Å²) in [7, 11) is 2.20. The summed E-state index contributed by atoms with van der Waals surface area (Å²) in [6.45, 7) is 5.26. The first-order chi connectivity index (χ1) is 8.74. The molecule has 1 aromatic rings. The van der Waals surface area contributed by atoms with E-state index in [-0.39, 0.29) is 0 Å². The highest BCUT2D eigenvalue weighted by molar-refractivity contribution is 7.09. The van der Waals surface area contributed by atoms with Gasteiger partial charge in [-0.15, -0.1) is 11.3 Å². The molecule has 102 valence electrons. The molecule has 2 heterocycles. The van der Waals surface area contributed by atoms with Gasteiger partial charge in [0.1, 0.15) is 0 Å². The van der Waals surface area contributed by atoms with Crippen LogP contribution in [0.2, 0.25) is 0 Å². The summed E-state index contributed by atoms with van der Waals surface area (Å²) in [6.07, 6.45) is 6.57. The summed E-state index contributed by atoms with van der Waals surface area (Å²) >= 11 is 1.74. The van der Waals surface area contributed by atoms with Crippen molar-refractivity contribution in [1.29, 1.82) is 0 Å². The molecule has 0 aliphatic carbocycles. The molecule has 0 aromatic carbocycles. The standard InChI is InChI=1S/C14H24N2OS/c1-12-15-13(11-18-12)6-8-16(2)9-7-14-5-3-4-10-17-14/h11,14H,3-10H2,1-2H3/t14-/m1/s1. The number of rotatable bonds is 6. The second kappa shape index (κ2) is 7.22. The van der Waals surface area contributed by atoms with E-state index in [2.05, 4.69) is 29.2 Å². The van der Waals surface area contributed by atoms with Gasteiger partial charge >= 0.3 is 0 Å². The van der Waals surface area contributed by atoms with Crippen LogP contribution >= 0.6 is 11.3 Å². The minimum absolute atomic E-state index is 0.503. The molecule has 1 aliphatic rings. The van der Waals surface area contributed by atoms with E-state index in [0.717, 1.165) is 26.1 Å². The van der Waals surface area contributed by atoms with Crippen LogP contribution in [0.4, 0.5) is 0 Å². The van der Waals surface area contributed by atoms with Crippen LogP contribution in [0.25, 0.3) is 0 Å². The molecule has 1 aliphatic heterocycles. The number of nitrogens with zero attached hydrogens (tertiary/aromatic N) is 2. The van der Waals surface area contributed by atoms with E-state index in [4.69, 9.17) is 4.74 Å². The molecule has 0 spiro atoms. The van der Waals surface area contributed by atoms with Crippen molar-refractivity contribution < 1.29 is 4.74 Å². The van der Waals surface area contributed by atoms with Gasteiger partial charge in [0.25, 0.3) is 0 Å². The van der Waals surface area contributed by atoms with Gasteiger partial charge in [-0.25, -0.2) is 4.98 Å². The highest BCUT2D eigenvalue weighted by Crippen LogP contribution is 2.16. The fourth-order valence-corrected chi connectivity index (χ4v) is 2.99. The number of likely N-dealkylation sites (N-methyl/N-ethyl adjacent to an activating group) is 1. The second-order valence-electron chi connectivity index (χ2n) is 5.19. The molecular weight excluding hydrogens is 244 g/mol. The maximum Gasteiger partial charge on any atom is 0.0897 e. The van der Waals surface area contributed by atoms with Crippen LogP contribution in [0.3, 0.4) is 0 Å². The zero-order valence-electron chi connectivity index (χ0n) is 11.5. The van der Waals surface area contributed by atoms with Crippen molar-refractivity contribution in [3.05, 3.63) is 16.1 Å². The molecule has 0 N–H and O–H groups in total. The summed E-state index contributed by atoms with van der Waals surface area (Å²) in [6, 6.07) is 0. The van der Waals surface area contributed by atoms with Gasteiger partial charge in [0, 0.05) is 31.5 Å². The first-order valence-corrected chi connectivity index (χ1v) is 7.83. The number of hydrogen-bond donors (Lipinski definition) is 0. The lowest BCUT2D eigenvalue weighted by atomic mass is 10.1. The predicted molar refractivity (Wildman–Crippen MR) is 76.3 cm³/mol. The minimum atomic E-state index is 0.503.